The van der Waals surface area contributed by atoms with Gasteiger partial charge in [0, 0.05) is 26.2 Å². The molecule has 1 amide bonds. The number of halogens is 3. The topological polar surface area (TPSA) is 92.9 Å². The van der Waals surface area contributed by atoms with Crippen molar-refractivity contribution in [1.29, 1.82) is 0 Å². The predicted octanol–water partition coefficient (Wildman–Crippen LogP) is -1.09. The zero-order valence-electron chi connectivity index (χ0n) is 9.89. The van der Waals surface area contributed by atoms with Gasteiger partial charge < -0.3 is 9.64 Å². The average Bonchev–Trinajstić information content (AvgIpc) is 2.26. The number of alkyl halides is 3. The standard InChI is InChI=1S/C8H14F3N3O4S/c9-8(10,11)6-18-5-7(15)13-1-3-14(4-2-13)19(12,16)17/h1-6H2,(H2,12,16,17). The molecule has 0 bridgehead atoms. The molecule has 0 aromatic heterocycles. The van der Waals surface area contributed by atoms with Crippen LogP contribution in [0.25, 0.3) is 0 Å². The first-order chi connectivity index (χ1) is 8.59. The van der Waals surface area contributed by atoms with Crippen LogP contribution in [-0.4, -0.2) is 69.1 Å². The molecule has 1 rings (SSSR count). The molecule has 1 heterocycles. The van der Waals surface area contributed by atoms with E-state index in [0.29, 0.717) is 0 Å². The van der Waals surface area contributed by atoms with Crippen molar-refractivity contribution in [2.75, 3.05) is 39.4 Å². The van der Waals surface area contributed by atoms with Gasteiger partial charge in [-0.3, -0.25) is 4.79 Å². The number of ether oxygens (including phenoxy) is 1. The van der Waals surface area contributed by atoms with Gasteiger partial charge in [0.1, 0.15) is 13.2 Å². The van der Waals surface area contributed by atoms with Gasteiger partial charge in [-0.25, -0.2) is 5.14 Å². The summed E-state index contributed by atoms with van der Waals surface area (Å²) in [5.74, 6) is -0.613. The molecule has 1 saturated heterocycles. The van der Waals surface area contributed by atoms with Crippen LogP contribution in [0, 0.1) is 0 Å². The van der Waals surface area contributed by atoms with Crippen LogP contribution in [0.1, 0.15) is 0 Å². The minimum absolute atomic E-state index is 0.0177. The van der Waals surface area contributed by atoms with Crippen LogP contribution in [0.4, 0.5) is 13.2 Å². The number of carbonyl (C=O) groups is 1. The average molecular weight is 305 g/mol. The van der Waals surface area contributed by atoms with E-state index in [1.54, 1.807) is 0 Å². The smallest absolute Gasteiger partial charge is 0.362 e. The fraction of sp³-hybridized carbons (Fsp3) is 0.875. The molecule has 112 valence electrons. The maximum Gasteiger partial charge on any atom is 0.411 e. The summed E-state index contributed by atoms with van der Waals surface area (Å²) in [6.45, 7) is -1.99. The van der Waals surface area contributed by atoms with Gasteiger partial charge in [-0.1, -0.05) is 0 Å². The van der Waals surface area contributed by atoms with Gasteiger partial charge in [0.05, 0.1) is 0 Å². The Morgan fingerprint density at radius 3 is 2.16 bits per heavy atom. The minimum atomic E-state index is -4.48. The number of nitrogens with zero attached hydrogens (tertiary/aromatic N) is 2. The molecule has 0 saturated carbocycles. The second kappa shape index (κ2) is 6.03. The zero-order chi connectivity index (χ0) is 14.7. The summed E-state index contributed by atoms with van der Waals surface area (Å²) >= 11 is 0. The van der Waals surface area contributed by atoms with Crippen molar-refractivity contribution in [3.05, 3.63) is 0 Å². The van der Waals surface area contributed by atoms with Crippen LogP contribution in [0.3, 0.4) is 0 Å². The van der Waals surface area contributed by atoms with E-state index in [-0.39, 0.29) is 26.2 Å². The molecule has 0 aromatic rings. The lowest BCUT2D eigenvalue weighted by Crippen LogP contribution is -2.53. The monoisotopic (exact) mass is 305 g/mol. The first-order valence-electron chi connectivity index (χ1n) is 5.30. The summed E-state index contributed by atoms with van der Waals surface area (Å²) in [5, 5.41) is 4.90. The lowest BCUT2D eigenvalue weighted by Gasteiger charge is -2.32. The Labute approximate surface area is 108 Å². The van der Waals surface area contributed by atoms with Gasteiger partial charge >= 0.3 is 6.18 Å². The van der Waals surface area contributed by atoms with Gasteiger partial charge in [-0.05, 0) is 0 Å². The molecule has 0 unspecified atom stereocenters. The summed E-state index contributed by atoms with van der Waals surface area (Å²) in [5.41, 5.74) is 0. The van der Waals surface area contributed by atoms with Crippen LogP contribution < -0.4 is 5.14 Å². The largest absolute Gasteiger partial charge is 0.411 e. The highest BCUT2D eigenvalue weighted by molar-refractivity contribution is 7.86. The fourth-order valence-corrected chi connectivity index (χ4v) is 2.21. The van der Waals surface area contributed by atoms with E-state index in [2.05, 4.69) is 4.74 Å². The van der Waals surface area contributed by atoms with Crippen molar-refractivity contribution < 1.29 is 31.1 Å². The van der Waals surface area contributed by atoms with Crippen LogP contribution >= 0.6 is 0 Å². The third-order valence-electron chi connectivity index (χ3n) is 2.44. The number of nitrogens with two attached hydrogens (primary N) is 1. The van der Waals surface area contributed by atoms with Crippen molar-refractivity contribution in [3.63, 3.8) is 0 Å². The summed E-state index contributed by atoms with van der Waals surface area (Å²) in [6.07, 6.45) is -4.48. The van der Waals surface area contributed by atoms with Gasteiger partial charge in [-0.15, -0.1) is 0 Å². The molecule has 0 aromatic carbocycles. The maximum atomic E-state index is 11.8. The Balaban J connectivity index is 2.33. The number of amides is 1. The lowest BCUT2D eigenvalue weighted by atomic mass is 10.3. The number of carbonyl (C=O) groups excluding carboxylic acids is 1. The molecule has 1 fully saturated rings. The SMILES string of the molecule is NS(=O)(=O)N1CCN(C(=O)COCC(F)(F)F)CC1. The molecule has 0 radical (unpaired) electrons. The summed E-state index contributed by atoms with van der Waals surface area (Å²) < 4.78 is 62.6. The third-order valence-corrected chi connectivity index (χ3v) is 3.53. The van der Waals surface area contributed by atoms with E-state index in [0.717, 1.165) is 4.31 Å². The lowest BCUT2D eigenvalue weighted by molar-refractivity contribution is -0.178. The van der Waals surface area contributed by atoms with Crippen molar-refractivity contribution in [2.45, 2.75) is 6.18 Å². The van der Waals surface area contributed by atoms with Crippen molar-refractivity contribution in [2.24, 2.45) is 5.14 Å². The Morgan fingerprint density at radius 2 is 1.74 bits per heavy atom. The number of hydrogen-bond donors (Lipinski definition) is 1. The van der Waals surface area contributed by atoms with Crippen LogP contribution in [-0.2, 0) is 19.7 Å². The Kier molecular flexibility index (Phi) is 5.12. The molecule has 0 atom stereocenters. The molecular weight excluding hydrogens is 291 g/mol. The zero-order valence-corrected chi connectivity index (χ0v) is 10.7. The maximum absolute atomic E-state index is 11.8. The van der Waals surface area contributed by atoms with Crippen molar-refractivity contribution in [3.8, 4) is 0 Å². The Hall–Kier alpha value is -0.910. The van der Waals surface area contributed by atoms with Crippen LogP contribution in [0.2, 0.25) is 0 Å². The molecular formula is C8H14F3N3O4S. The normalized spacial score (nSPS) is 18.6. The van der Waals surface area contributed by atoms with Crippen molar-refractivity contribution in [1.82, 2.24) is 9.21 Å². The van der Waals surface area contributed by atoms with Crippen molar-refractivity contribution >= 4 is 16.1 Å². The number of piperazine rings is 1. The van der Waals surface area contributed by atoms with Gasteiger partial charge in [0.15, 0.2) is 0 Å². The fourth-order valence-electron chi connectivity index (χ4n) is 1.54. The van der Waals surface area contributed by atoms with E-state index >= 15 is 0 Å². The first kappa shape index (κ1) is 16.1. The molecule has 19 heavy (non-hydrogen) atoms. The minimum Gasteiger partial charge on any atom is -0.362 e. The quantitative estimate of drug-likeness (QED) is 0.714. The summed E-state index contributed by atoms with van der Waals surface area (Å²) in [4.78, 5) is 12.7. The Morgan fingerprint density at radius 1 is 1.21 bits per heavy atom. The van der Waals surface area contributed by atoms with Gasteiger partial charge in [0.2, 0.25) is 5.91 Å². The highest BCUT2D eigenvalue weighted by Gasteiger charge is 2.29. The van der Waals surface area contributed by atoms with E-state index < -0.39 is 35.5 Å². The van der Waals surface area contributed by atoms with Gasteiger partial charge in [0.25, 0.3) is 10.2 Å². The molecule has 0 aliphatic carbocycles. The van der Waals surface area contributed by atoms with Gasteiger partial charge in [-0.2, -0.15) is 25.9 Å². The van der Waals surface area contributed by atoms with E-state index in [1.807, 2.05) is 0 Å². The molecule has 1 aliphatic rings. The van der Waals surface area contributed by atoms with E-state index in [1.165, 1.54) is 4.90 Å². The number of hydrogen-bond acceptors (Lipinski definition) is 4. The highest BCUT2D eigenvalue weighted by Crippen LogP contribution is 2.14. The predicted molar refractivity (Wildman–Crippen MR) is 58.1 cm³/mol. The van der Waals surface area contributed by atoms with E-state index in [4.69, 9.17) is 5.14 Å². The molecule has 1 aliphatic heterocycles. The number of rotatable bonds is 4. The first-order valence-corrected chi connectivity index (χ1v) is 6.80. The van der Waals surface area contributed by atoms with E-state index in [9.17, 15) is 26.4 Å². The summed E-state index contributed by atoms with van der Waals surface area (Å²) in [7, 11) is -3.80. The second-order valence-electron chi connectivity index (χ2n) is 3.93. The van der Waals surface area contributed by atoms with Crippen LogP contribution in [0.5, 0.6) is 0 Å². The van der Waals surface area contributed by atoms with Crippen LogP contribution in [0.15, 0.2) is 0 Å². The third kappa shape index (κ3) is 5.72. The highest BCUT2D eigenvalue weighted by atomic mass is 32.2. The molecule has 7 nitrogen and oxygen atoms in total. The second-order valence-corrected chi connectivity index (χ2v) is 5.48. The summed E-state index contributed by atoms with van der Waals surface area (Å²) in [6, 6.07) is 0. The Bertz CT molecular complexity index is 417. The molecule has 0 spiro atoms. The molecule has 11 heteroatoms. The molecule has 2 N–H and O–H groups in total.